The molecule has 0 aliphatic heterocycles. The lowest BCUT2D eigenvalue weighted by Crippen LogP contribution is -2.01. The van der Waals surface area contributed by atoms with E-state index in [1.807, 2.05) is 60.7 Å². The van der Waals surface area contributed by atoms with Crippen LogP contribution in [0.3, 0.4) is 0 Å². The molecule has 2 heterocycles. The van der Waals surface area contributed by atoms with Gasteiger partial charge in [0.15, 0.2) is 17.5 Å². The Balaban J connectivity index is 1.19. The summed E-state index contributed by atoms with van der Waals surface area (Å²) in [5, 5.41) is 9.49. The topological polar surface area (TPSA) is 51.8 Å². The molecule has 0 N–H and O–H groups in total. The van der Waals surface area contributed by atoms with E-state index in [-0.39, 0.29) is 0 Å². The van der Waals surface area contributed by atoms with Crippen LogP contribution in [0.25, 0.3) is 99.5 Å². The Morgan fingerprint density at radius 1 is 0.327 bits per heavy atom. The average molecular weight is 626 g/mol. The molecular weight excluding hydrogens is 599 g/mol. The molecular formula is C45H27N3O. The summed E-state index contributed by atoms with van der Waals surface area (Å²) in [4.78, 5) is 15.4. The molecule has 0 aliphatic rings. The number of fused-ring (bicyclic) bond motifs is 8. The first-order valence-electron chi connectivity index (χ1n) is 16.4. The summed E-state index contributed by atoms with van der Waals surface area (Å²) in [6.45, 7) is 0. The van der Waals surface area contributed by atoms with Gasteiger partial charge < -0.3 is 4.42 Å². The van der Waals surface area contributed by atoms with E-state index in [1.165, 1.54) is 26.9 Å². The first-order chi connectivity index (χ1) is 24.3. The van der Waals surface area contributed by atoms with E-state index >= 15 is 0 Å². The van der Waals surface area contributed by atoms with E-state index < -0.39 is 0 Å². The van der Waals surface area contributed by atoms with E-state index in [1.54, 1.807) is 0 Å². The van der Waals surface area contributed by atoms with Crippen LogP contribution >= 0.6 is 0 Å². The van der Waals surface area contributed by atoms with Crippen LogP contribution in [0.4, 0.5) is 0 Å². The highest BCUT2D eigenvalue weighted by atomic mass is 16.3. The molecule has 0 unspecified atom stereocenters. The van der Waals surface area contributed by atoms with Crippen molar-refractivity contribution in [1.82, 2.24) is 15.0 Å². The van der Waals surface area contributed by atoms with Gasteiger partial charge in [-0.05, 0) is 61.6 Å². The number of hydrogen-bond acceptors (Lipinski definition) is 4. The molecule has 228 valence electrons. The van der Waals surface area contributed by atoms with E-state index in [0.29, 0.717) is 17.5 Å². The molecule has 2 aromatic heterocycles. The molecule has 0 radical (unpaired) electrons. The minimum absolute atomic E-state index is 0.619. The van der Waals surface area contributed by atoms with Gasteiger partial charge in [0.1, 0.15) is 11.2 Å². The molecule has 49 heavy (non-hydrogen) atoms. The molecule has 4 heteroatoms. The zero-order valence-corrected chi connectivity index (χ0v) is 26.3. The SMILES string of the molecule is c1ccc(-c2nc(-c3ccc4c(ccc5ccc6ccccc6c54)c3)nc(-c3ccccc3-c3cccc4oc5ccccc5c34)n2)cc1. The third-order valence-electron chi connectivity index (χ3n) is 9.51. The fraction of sp³-hybridized carbons (Fsp3) is 0. The Morgan fingerprint density at radius 3 is 1.82 bits per heavy atom. The van der Waals surface area contributed by atoms with Gasteiger partial charge in [-0.2, -0.15) is 0 Å². The predicted molar refractivity (Wildman–Crippen MR) is 201 cm³/mol. The molecule has 0 bridgehead atoms. The summed E-state index contributed by atoms with van der Waals surface area (Å²) in [6.07, 6.45) is 0. The standard InChI is InChI=1S/C45H27N3O/c1-2-12-30(13-3-1)43-46-44(32-25-26-34-31(27-32)24-23-29-22-21-28-11-4-5-14-33(28)41(29)34)48-45(47-43)37-16-7-6-15-35(37)36-18-10-20-40-42(36)38-17-8-9-19-39(38)49-40/h1-27H. The third-order valence-corrected chi connectivity index (χ3v) is 9.51. The molecule has 0 saturated carbocycles. The van der Waals surface area contributed by atoms with Crippen molar-refractivity contribution >= 4 is 54.3 Å². The second-order valence-electron chi connectivity index (χ2n) is 12.4. The number of nitrogens with zero attached hydrogens (tertiary/aromatic N) is 3. The first kappa shape index (κ1) is 27.5. The van der Waals surface area contributed by atoms with Crippen LogP contribution in [-0.4, -0.2) is 15.0 Å². The van der Waals surface area contributed by atoms with Gasteiger partial charge in [-0.3, -0.25) is 0 Å². The molecule has 0 fully saturated rings. The molecule has 0 aliphatic carbocycles. The minimum Gasteiger partial charge on any atom is -0.456 e. The monoisotopic (exact) mass is 625 g/mol. The minimum atomic E-state index is 0.619. The van der Waals surface area contributed by atoms with Gasteiger partial charge >= 0.3 is 0 Å². The lowest BCUT2D eigenvalue weighted by atomic mass is 9.94. The van der Waals surface area contributed by atoms with Crippen LogP contribution < -0.4 is 0 Å². The Hall–Kier alpha value is -6.65. The van der Waals surface area contributed by atoms with E-state index in [0.717, 1.165) is 55.1 Å². The van der Waals surface area contributed by atoms with Crippen LogP contribution in [0.1, 0.15) is 0 Å². The van der Waals surface area contributed by atoms with Crippen LogP contribution in [0.15, 0.2) is 168 Å². The predicted octanol–water partition coefficient (Wildman–Crippen LogP) is 11.9. The number of rotatable bonds is 4. The Morgan fingerprint density at radius 2 is 0.939 bits per heavy atom. The molecule has 0 atom stereocenters. The van der Waals surface area contributed by atoms with Crippen LogP contribution in [-0.2, 0) is 0 Å². The van der Waals surface area contributed by atoms with Gasteiger partial charge in [0.05, 0.1) is 0 Å². The smallest absolute Gasteiger partial charge is 0.164 e. The van der Waals surface area contributed by atoms with Gasteiger partial charge in [0.2, 0.25) is 0 Å². The molecule has 10 rings (SSSR count). The lowest BCUT2D eigenvalue weighted by molar-refractivity contribution is 0.669. The summed E-state index contributed by atoms with van der Waals surface area (Å²) < 4.78 is 6.26. The maximum absolute atomic E-state index is 6.26. The number of benzene rings is 8. The zero-order chi connectivity index (χ0) is 32.3. The molecule has 0 saturated heterocycles. The van der Waals surface area contributed by atoms with Gasteiger partial charge in [0, 0.05) is 27.5 Å². The Kier molecular flexibility index (Phi) is 6.15. The number of furan rings is 1. The Bertz CT molecular complexity index is 2890. The molecule has 8 aromatic carbocycles. The highest BCUT2D eigenvalue weighted by molar-refractivity contribution is 6.20. The quantitative estimate of drug-likeness (QED) is 0.183. The second kappa shape index (κ2) is 11.0. The van der Waals surface area contributed by atoms with Gasteiger partial charge in [-0.1, -0.05) is 146 Å². The maximum Gasteiger partial charge on any atom is 0.164 e. The van der Waals surface area contributed by atoms with Crippen LogP contribution in [0, 0.1) is 0 Å². The van der Waals surface area contributed by atoms with Crippen LogP contribution in [0.2, 0.25) is 0 Å². The first-order valence-corrected chi connectivity index (χ1v) is 16.4. The van der Waals surface area contributed by atoms with Crippen molar-refractivity contribution in [3.63, 3.8) is 0 Å². The molecule has 0 amide bonds. The van der Waals surface area contributed by atoms with Crippen molar-refractivity contribution < 1.29 is 4.42 Å². The van der Waals surface area contributed by atoms with Crippen molar-refractivity contribution in [2.75, 3.05) is 0 Å². The highest BCUT2D eigenvalue weighted by Gasteiger charge is 2.19. The van der Waals surface area contributed by atoms with Crippen LogP contribution in [0.5, 0.6) is 0 Å². The lowest BCUT2D eigenvalue weighted by Gasteiger charge is -2.13. The maximum atomic E-state index is 6.26. The van der Waals surface area contributed by atoms with Crippen molar-refractivity contribution in [3.05, 3.63) is 164 Å². The van der Waals surface area contributed by atoms with Gasteiger partial charge in [0.25, 0.3) is 0 Å². The van der Waals surface area contributed by atoms with Crippen molar-refractivity contribution in [1.29, 1.82) is 0 Å². The van der Waals surface area contributed by atoms with E-state index in [4.69, 9.17) is 19.4 Å². The number of para-hydroxylation sites is 1. The average Bonchev–Trinajstić information content (AvgIpc) is 3.57. The Labute approximate surface area is 282 Å². The van der Waals surface area contributed by atoms with E-state index in [9.17, 15) is 0 Å². The fourth-order valence-electron chi connectivity index (χ4n) is 7.23. The normalized spacial score (nSPS) is 11.7. The fourth-order valence-corrected chi connectivity index (χ4v) is 7.23. The third kappa shape index (κ3) is 4.49. The summed E-state index contributed by atoms with van der Waals surface area (Å²) in [5.74, 6) is 1.88. The summed E-state index contributed by atoms with van der Waals surface area (Å²) in [5.41, 5.74) is 6.64. The zero-order valence-electron chi connectivity index (χ0n) is 26.3. The molecule has 0 spiro atoms. The van der Waals surface area contributed by atoms with Gasteiger partial charge in [-0.15, -0.1) is 0 Å². The number of hydrogen-bond donors (Lipinski definition) is 0. The summed E-state index contributed by atoms with van der Waals surface area (Å²) in [7, 11) is 0. The van der Waals surface area contributed by atoms with Crippen molar-refractivity contribution in [3.8, 4) is 45.3 Å². The second-order valence-corrected chi connectivity index (χ2v) is 12.4. The van der Waals surface area contributed by atoms with Gasteiger partial charge in [-0.25, -0.2) is 15.0 Å². The van der Waals surface area contributed by atoms with Crippen molar-refractivity contribution in [2.24, 2.45) is 0 Å². The summed E-state index contributed by atoms with van der Waals surface area (Å²) >= 11 is 0. The largest absolute Gasteiger partial charge is 0.456 e. The highest BCUT2D eigenvalue weighted by Crippen LogP contribution is 2.41. The number of aromatic nitrogens is 3. The molecule has 10 aromatic rings. The summed E-state index contributed by atoms with van der Waals surface area (Å²) in [6, 6.07) is 56.9. The van der Waals surface area contributed by atoms with E-state index in [2.05, 4.69) is 103 Å². The molecule has 4 nitrogen and oxygen atoms in total. The van der Waals surface area contributed by atoms with Crippen molar-refractivity contribution in [2.45, 2.75) is 0 Å².